The van der Waals surface area contributed by atoms with E-state index in [4.69, 9.17) is 28.2 Å². The summed E-state index contributed by atoms with van der Waals surface area (Å²) in [6, 6.07) is 21.5. The molecular formula is C32H30ClN5O2S. The maximum atomic E-state index is 12.5. The predicted molar refractivity (Wildman–Crippen MR) is 170 cm³/mol. The number of aryl methyl sites for hydroxylation is 3. The van der Waals surface area contributed by atoms with Gasteiger partial charge in [-0.25, -0.2) is 0 Å². The summed E-state index contributed by atoms with van der Waals surface area (Å²) in [5, 5.41) is 15.9. The van der Waals surface area contributed by atoms with Crippen LogP contribution >= 0.6 is 23.8 Å². The number of anilines is 1. The number of carbonyl (C=O) groups is 1. The molecule has 5 rings (SSSR count). The Hall–Kier alpha value is -4.27. The van der Waals surface area contributed by atoms with E-state index in [9.17, 15) is 4.79 Å². The topological polar surface area (TPSA) is 85.0 Å². The van der Waals surface area contributed by atoms with Gasteiger partial charge in [-0.3, -0.25) is 10.1 Å². The molecular weight excluding hydrogens is 554 g/mol. The number of hydrogen-bond acceptors (Lipinski definition) is 5. The lowest BCUT2D eigenvalue weighted by molar-refractivity contribution is -0.115. The lowest BCUT2D eigenvalue weighted by atomic mass is 10.1. The summed E-state index contributed by atoms with van der Waals surface area (Å²) in [6.07, 6.45) is 6.37. The van der Waals surface area contributed by atoms with Crippen LogP contribution in [0.1, 0.15) is 42.2 Å². The molecule has 0 bridgehead atoms. The molecule has 0 saturated heterocycles. The second kappa shape index (κ2) is 12.5. The molecule has 208 valence electrons. The highest BCUT2D eigenvalue weighted by atomic mass is 35.5. The Kier molecular flexibility index (Phi) is 8.61. The third kappa shape index (κ3) is 6.90. The molecule has 41 heavy (non-hydrogen) atoms. The van der Waals surface area contributed by atoms with E-state index >= 15 is 0 Å². The van der Waals surface area contributed by atoms with Crippen molar-refractivity contribution in [3.63, 3.8) is 0 Å². The minimum atomic E-state index is -0.383. The summed E-state index contributed by atoms with van der Waals surface area (Å²) in [7, 11) is 0. The van der Waals surface area contributed by atoms with Crippen molar-refractivity contribution in [3.8, 4) is 17.0 Å². The van der Waals surface area contributed by atoms with Gasteiger partial charge < -0.3 is 9.73 Å². The van der Waals surface area contributed by atoms with Crippen LogP contribution in [0.25, 0.3) is 34.1 Å². The van der Waals surface area contributed by atoms with E-state index in [0.717, 1.165) is 40.0 Å². The smallest absolute Gasteiger partial charge is 0.250 e. The van der Waals surface area contributed by atoms with Gasteiger partial charge in [0.25, 0.3) is 0 Å². The first kappa shape index (κ1) is 28.3. The molecule has 0 aliphatic rings. The van der Waals surface area contributed by atoms with Gasteiger partial charge >= 0.3 is 0 Å². The van der Waals surface area contributed by atoms with Gasteiger partial charge in [0, 0.05) is 22.3 Å². The third-order valence-electron chi connectivity index (χ3n) is 6.68. The Bertz CT molecular complexity index is 1750. The lowest BCUT2D eigenvalue weighted by Crippen LogP contribution is -2.33. The summed E-state index contributed by atoms with van der Waals surface area (Å²) in [6.45, 7) is 6.08. The molecule has 0 fully saturated rings. The molecule has 7 nitrogen and oxygen atoms in total. The molecule has 0 radical (unpaired) electrons. The summed E-state index contributed by atoms with van der Waals surface area (Å²) < 4.78 is 5.84. The quantitative estimate of drug-likeness (QED) is 0.143. The molecule has 0 aliphatic heterocycles. The number of halogens is 1. The van der Waals surface area contributed by atoms with Gasteiger partial charge in [-0.1, -0.05) is 49.2 Å². The van der Waals surface area contributed by atoms with Crippen LogP contribution in [-0.2, 0) is 11.2 Å². The zero-order valence-electron chi connectivity index (χ0n) is 23.1. The average molecular weight is 584 g/mol. The maximum absolute atomic E-state index is 12.5. The molecule has 0 unspecified atom stereocenters. The van der Waals surface area contributed by atoms with Crippen LogP contribution in [0.5, 0.6) is 0 Å². The molecule has 0 spiro atoms. The number of hydrogen-bond donors (Lipinski definition) is 2. The Morgan fingerprint density at radius 1 is 1.00 bits per heavy atom. The number of rotatable bonds is 8. The molecule has 1 amide bonds. The number of amides is 1. The summed E-state index contributed by atoms with van der Waals surface area (Å²) in [5.74, 6) is 0.813. The first-order chi connectivity index (χ1) is 19.8. The number of benzene rings is 3. The average Bonchev–Trinajstić information content (AvgIpc) is 3.60. The van der Waals surface area contributed by atoms with Crippen LogP contribution in [0.4, 0.5) is 5.69 Å². The highest BCUT2D eigenvalue weighted by molar-refractivity contribution is 7.80. The van der Waals surface area contributed by atoms with Crippen molar-refractivity contribution < 1.29 is 9.21 Å². The molecule has 0 atom stereocenters. The van der Waals surface area contributed by atoms with Gasteiger partial charge in [-0.15, -0.1) is 10.2 Å². The van der Waals surface area contributed by atoms with E-state index in [1.807, 2.05) is 62.4 Å². The maximum Gasteiger partial charge on any atom is 0.250 e. The number of nitrogens with one attached hydrogen (secondary N) is 2. The SMILES string of the molecule is CCCCc1ccc(-n2nc3cc(C)c(NC(=S)NC(=O)/C=C/c4ccc(-c5ccc(C)c(Cl)c5)o4)cc3n2)cc1. The number of fused-ring (bicyclic) bond motifs is 1. The predicted octanol–water partition coefficient (Wildman–Crippen LogP) is 7.82. The normalized spacial score (nSPS) is 11.3. The molecule has 2 aromatic heterocycles. The van der Waals surface area contributed by atoms with E-state index in [2.05, 4.69) is 39.9 Å². The number of carbonyl (C=O) groups excluding carboxylic acids is 1. The molecule has 5 aromatic rings. The van der Waals surface area contributed by atoms with Crippen molar-refractivity contribution in [2.24, 2.45) is 0 Å². The van der Waals surface area contributed by atoms with Crippen LogP contribution < -0.4 is 10.6 Å². The Balaban J connectivity index is 1.21. The molecule has 3 aromatic carbocycles. The third-order valence-corrected chi connectivity index (χ3v) is 7.29. The van der Waals surface area contributed by atoms with Crippen LogP contribution in [0, 0.1) is 13.8 Å². The van der Waals surface area contributed by atoms with Crippen molar-refractivity contribution >= 4 is 57.6 Å². The van der Waals surface area contributed by atoms with E-state index in [-0.39, 0.29) is 11.0 Å². The van der Waals surface area contributed by atoms with Gasteiger partial charge in [-0.05, 0) is 104 Å². The largest absolute Gasteiger partial charge is 0.457 e. The fourth-order valence-electron chi connectivity index (χ4n) is 4.30. The van der Waals surface area contributed by atoms with Crippen molar-refractivity contribution in [1.29, 1.82) is 0 Å². The zero-order valence-corrected chi connectivity index (χ0v) is 24.6. The molecule has 0 aliphatic carbocycles. The summed E-state index contributed by atoms with van der Waals surface area (Å²) >= 11 is 11.6. The standard InChI is InChI=1S/C32H30ClN5O2S/c1-4-5-6-22-8-11-24(12-9-22)38-36-28-17-21(3)27(19-29(28)37-38)34-32(41)35-31(39)16-14-25-13-15-30(40-25)23-10-7-20(2)26(33)18-23/h7-19H,4-6H2,1-3H3,(H2,34,35,39,41)/b16-14+. The second-order valence-corrected chi connectivity index (χ2v) is 10.7. The van der Waals surface area contributed by atoms with Gasteiger partial charge in [-0.2, -0.15) is 4.80 Å². The number of unbranched alkanes of at least 4 members (excludes halogenated alkanes) is 1. The fourth-order valence-corrected chi connectivity index (χ4v) is 4.69. The van der Waals surface area contributed by atoms with Gasteiger partial charge in [0.2, 0.25) is 5.91 Å². The molecule has 9 heteroatoms. The van der Waals surface area contributed by atoms with E-state index in [0.29, 0.717) is 22.1 Å². The van der Waals surface area contributed by atoms with Crippen molar-refractivity contribution in [2.75, 3.05) is 5.32 Å². The van der Waals surface area contributed by atoms with E-state index < -0.39 is 0 Å². The number of thiocarbonyl (C=S) groups is 1. The van der Waals surface area contributed by atoms with Crippen LogP contribution in [0.3, 0.4) is 0 Å². The minimum Gasteiger partial charge on any atom is -0.457 e. The molecule has 2 heterocycles. The molecule has 2 N–H and O–H groups in total. The second-order valence-electron chi connectivity index (χ2n) is 9.86. The summed E-state index contributed by atoms with van der Waals surface area (Å²) in [4.78, 5) is 14.1. The Morgan fingerprint density at radius 3 is 2.49 bits per heavy atom. The van der Waals surface area contributed by atoms with Crippen molar-refractivity contribution in [3.05, 3.63) is 100 Å². The Labute approximate surface area is 249 Å². The highest BCUT2D eigenvalue weighted by Crippen LogP contribution is 2.27. The Morgan fingerprint density at radius 2 is 1.76 bits per heavy atom. The van der Waals surface area contributed by atoms with Gasteiger partial charge in [0.1, 0.15) is 22.6 Å². The van der Waals surface area contributed by atoms with Gasteiger partial charge in [0.05, 0.1) is 5.69 Å². The van der Waals surface area contributed by atoms with E-state index in [1.54, 1.807) is 16.9 Å². The van der Waals surface area contributed by atoms with Crippen molar-refractivity contribution in [2.45, 2.75) is 40.0 Å². The van der Waals surface area contributed by atoms with Crippen LogP contribution in [0.15, 0.2) is 77.2 Å². The number of nitrogens with zero attached hydrogens (tertiary/aromatic N) is 3. The summed E-state index contributed by atoms with van der Waals surface area (Å²) in [5.41, 5.74) is 7.21. The highest BCUT2D eigenvalue weighted by Gasteiger charge is 2.11. The lowest BCUT2D eigenvalue weighted by Gasteiger charge is -2.10. The fraction of sp³-hybridized carbons (Fsp3) is 0.188. The first-order valence-electron chi connectivity index (χ1n) is 13.4. The van der Waals surface area contributed by atoms with Crippen LogP contribution in [-0.4, -0.2) is 26.0 Å². The first-order valence-corrected chi connectivity index (χ1v) is 14.2. The van der Waals surface area contributed by atoms with E-state index in [1.165, 1.54) is 24.5 Å². The number of aromatic nitrogens is 3. The van der Waals surface area contributed by atoms with Crippen molar-refractivity contribution in [1.82, 2.24) is 20.3 Å². The zero-order chi connectivity index (χ0) is 28.9. The minimum absolute atomic E-state index is 0.173. The molecule has 0 saturated carbocycles. The van der Waals surface area contributed by atoms with Gasteiger partial charge in [0.15, 0.2) is 5.11 Å². The number of furan rings is 1. The van der Waals surface area contributed by atoms with Crippen LogP contribution in [0.2, 0.25) is 5.02 Å². The monoisotopic (exact) mass is 583 g/mol.